The zero-order chi connectivity index (χ0) is 18.8. The van der Waals surface area contributed by atoms with Gasteiger partial charge in [0, 0.05) is 24.1 Å². The Morgan fingerprint density at radius 2 is 1.72 bits per heavy atom. The number of aldehydes is 1. The smallest absolute Gasteiger partial charge is 0.400 e. The number of hydrogen-bond acceptors (Lipinski definition) is 4. The first kappa shape index (κ1) is 19.7. The number of carbonyl (C=O) groups is 2. The van der Waals surface area contributed by atoms with E-state index in [-0.39, 0.29) is 12.5 Å². The second-order valence-corrected chi connectivity index (χ2v) is 7.59. The zero-order valence-electron chi connectivity index (χ0n) is 15.2. The summed E-state index contributed by atoms with van der Waals surface area (Å²) >= 11 is 6.07. The minimum absolute atomic E-state index is 0.151. The fourth-order valence-electron chi connectivity index (χ4n) is 2.42. The third kappa shape index (κ3) is 4.72. The van der Waals surface area contributed by atoms with E-state index in [4.69, 9.17) is 20.9 Å². The summed E-state index contributed by atoms with van der Waals surface area (Å²) in [4.78, 5) is 22.4. The van der Waals surface area contributed by atoms with Gasteiger partial charge in [0.25, 0.3) is 0 Å². The van der Waals surface area contributed by atoms with E-state index in [1.807, 2.05) is 33.8 Å². The Labute approximate surface area is 153 Å². The van der Waals surface area contributed by atoms with Crippen molar-refractivity contribution in [2.24, 2.45) is 0 Å². The lowest BCUT2D eigenvalue weighted by Crippen LogP contribution is -2.41. The SMILES string of the molecule is CC(=O)NCC(=Cc1cc(Cl)cc(C=O)c1)B1OC(C)(C)C(C)(C)O1. The van der Waals surface area contributed by atoms with Crippen molar-refractivity contribution in [3.8, 4) is 0 Å². The van der Waals surface area contributed by atoms with E-state index in [9.17, 15) is 9.59 Å². The first-order valence-electron chi connectivity index (χ1n) is 8.10. The van der Waals surface area contributed by atoms with E-state index in [0.717, 1.165) is 17.3 Å². The van der Waals surface area contributed by atoms with Crippen LogP contribution in [0.25, 0.3) is 6.08 Å². The van der Waals surface area contributed by atoms with Crippen LogP contribution in [-0.2, 0) is 14.1 Å². The number of rotatable bonds is 5. The number of hydrogen-bond donors (Lipinski definition) is 1. The van der Waals surface area contributed by atoms with E-state index in [1.54, 1.807) is 18.2 Å². The van der Waals surface area contributed by atoms with Crippen molar-refractivity contribution >= 4 is 37.0 Å². The standard InChI is InChI=1S/C18H23BClNO4/c1-12(23)21-10-15(19-24-17(2,3)18(4,5)25-19)7-13-6-14(11-22)9-16(20)8-13/h6-9,11H,10H2,1-5H3,(H,21,23). The van der Waals surface area contributed by atoms with E-state index in [2.05, 4.69) is 5.32 Å². The Bertz CT molecular complexity index is 699. The Hall–Kier alpha value is -1.63. The quantitative estimate of drug-likeness (QED) is 0.644. The molecule has 1 aliphatic rings. The summed E-state index contributed by atoms with van der Waals surface area (Å²) in [6.45, 7) is 9.58. The highest BCUT2D eigenvalue weighted by atomic mass is 35.5. The molecule has 5 nitrogen and oxygen atoms in total. The Kier molecular flexibility index (Phi) is 5.77. The van der Waals surface area contributed by atoms with Crippen LogP contribution in [0.2, 0.25) is 5.02 Å². The predicted octanol–water partition coefficient (Wildman–Crippen LogP) is 3.30. The summed E-state index contributed by atoms with van der Waals surface area (Å²) in [5, 5.41) is 3.23. The highest BCUT2D eigenvalue weighted by Gasteiger charge is 2.52. The molecule has 2 rings (SSSR count). The average Bonchev–Trinajstić information content (AvgIpc) is 2.70. The predicted molar refractivity (Wildman–Crippen MR) is 99.6 cm³/mol. The van der Waals surface area contributed by atoms with Gasteiger partial charge < -0.3 is 14.6 Å². The van der Waals surface area contributed by atoms with Gasteiger partial charge in [-0.3, -0.25) is 9.59 Å². The number of halogens is 1. The number of carbonyl (C=O) groups excluding carboxylic acids is 2. The topological polar surface area (TPSA) is 64.6 Å². The number of nitrogens with one attached hydrogen (secondary N) is 1. The highest BCUT2D eigenvalue weighted by Crippen LogP contribution is 2.38. The van der Waals surface area contributed by atoms with Gasteiger partial charge in [-0.05, 0) is 56.9 Å². The minimum atomic E-state index is -0.601. The number of amides is 1. The second-order valence-electron chi connectivity index (χ2n) is 7.15. The monoisotopic (exact) mass is 363 g/mol. The molecule has 25 heavy (non-hydrogen) atoms. The van der Waals surface area contributed by atoms with E-state index < -0.39 is 18.3 Å². The molecular weight excluding hydrogens is 340 g/mol. The molecule has 0 aliphatic carbocycles. The molecule has 1 aliphatic heterocycles. The van der Waals surface area contributed by atoms with Crippen LogP contribution in [0.4, 0.5) is 0 Å². The van der Waals surface area contributed by atoms with Crippen molar-refractivity contribution in [1.29, 1.82) is 0 Å². The molecule has 0 saturated carbocycles. The van der Waals surface area contributed by atoms with Crippen molar-refractivity contribution in [2.75, 3.05) is 6.54 Å². The lowest BCUT2D eigenvalue weighted by atomic mass is 9.77. The van der Waals surface area contributed by atoms with Crippen LogP contribution in [0.3, 0.4) is 0 Å². The summed E-state index contributed by atoms with van der Waals surface area (Å²) < 4.78 is 12.1. The molecule has 0 spiro atoms. The van der Waals surface area contributed by atoms with Gasteiger partial charge >= 0.3 is 7.12 Å². The van der Waals surface area contributed by atoms with Gasteiger partial charge in [0.05, 0.1) is 11.2 Å². The summed E-state index contributed by atoms with van der Waals surface area (Å²) in [5.41, 5.74) is 0.981. The third-order valence-corrected chi connectivity index (χ3v) is 4.75. The van der Waals surface area contributed by atoms with E-state index >= 15 is 0 Å². The molecule has 0 unspecified atom stereocenters. The Morgan fingerprint density at radius 1 is 1.16 bits per heavy atom. The maximum atomic E-state index is 11.3. The normalized spacial score (nSPS) is 19.0. The van der Waals surface area contributed by atoms with Crippen LogP contribution >= 0.6 is 11.6 Å². The van der Waals surface area contributed by atoms with Crippen molar-refractivity contribution in [3.05, 3.63) is 39.8 Å². The zero-order valence-corrected chi connectivity index (χ0v) is 15.9. The summed E-state index contributed by atoms with van der Waals surface area (Å²) in [6, 6.07) is 5.06. The molecule has 1 N–H and O–H groups in total. The second kappa shape index (κ2) is 7.32. The maximum Gasteiger partial charge on any atom is 0.492 e. The lowest BCUT2D eigenvalue weighted by Gasteiger charge is -2.32. The van der Waals surface area contributed by atoms with Gasteiger partial charge in [-0.2, -0.15) is 0 Å². The fraction of sp³-hybridized carbons (Fsp3) is 0.444. The Balaban J connectivity index is 2.38. The molecular formula is C18H23BClNO4. The van der Waals surface area contributed by atoms with Crippen LogP contribution in [0.1, 0.15) is 50.5 Å². The summed E-state index contributed by atoms with van der Waals surface area (Å²) in [7, 11) is -0.601. The van der Waals surface area contributed by atoms with Gasteiger partial charge in [-0.25, -0.2) is 0 Å². The van der Waals surface area contributed by atoms with Crippen LogP contribution in [0.5, 0.6) is 0 Å². The molecule has 0 bridgehead atoms. The molecule has 1 saturated heterocycles. The molecule has 1 amide bonds. The van der Waals surface area contributed by atoms with Crippen molar-refractivity contribution in [1.82, 2.24) is 5.32 Å². The Morgan fingerprint density at radius 3 is 2.24 bits per heavy atom. The molecule has 7 heteroatoms. The molecule has 0 aromatic heterocycles. The largest absolute Gasteiger partial charge is 0.492 e. The van der Waals surface area contributed by atoms with Crippen LogP contribution in [-0.4, -0.2) is 37.1 Å². The lowest BCUT2D eigenvalue weighted by molar-refractivity contribution is -0.118. The van der Waals surface area contributed by atoms with Crippen LogP contribution in [0.15, 0.2) is 23.7 Å². The minimum Gasteiger partial charge on any atom is -0.400 e. The first-order valence-corrected chi connectivity index (χ1v) is 8.48. The van der Waals surface area contributed by atoms with Crippen LogP contribution < -0.4 is 5.32 Å². The average molecular weight is 364 g/mol. The molecule has 1 heterocycles. The molecule has 1 aromatic carbocycles. The van der Waals surface area contributed by atoms with Gasteiger partial charge in [0.1, 0.15) is 6.29 Å². The van der Waals surface area contributed by atoms with Gasteiger partial charge in [0.15, 0.2) is 0 Å². The fourth-order valence-corrected chi connectivity index (χ4v) is 2.68. The number of benzene rings is 1. The van der Waals surface area contributed by atoms with E-state index in [1.165, 1.54) is 6.92 Å². The maximum absolute atomic E-state index is 11.3. The first-order chi connectivity index (χ1) is 11.5. The van der Waals surface area contributed by atoms with Gasteiger partial charge in [-0.1, -0.05) is 17.7 Å². The molecule has 0 radical (unpaired) electrons. The summed E-state index contributed by atoms with van der Waals surface area (Å²) in [5.74, 6) is -0.151. The highest BCUT2D eigenvalue weighted by molar-refractivity contribution is 6.56. The molecule has 0 atom stereocenters. The van der Waals surface area contributed by atoms with Crippen molar-refractivity contribution in [3.63, 3.8) is 0 Å². The van der Waals surface area contributed by atoms with Gasteiger partial charge in [-0.15, -0.1) is 0 Å². The summed E-state index contributed by atoms with van der Waals surface area (Å²) in [6.07, 6.45) is 2.57. The third-order valence-electron chi connectivity index (χ3n) is 4.53. The molecule has 1 aromatic rings. The van der Waals surface area contributed by atoms with Gasteiger partial charge in [0.2, 0.25) is 5.91 Å². The van der Waals surface area contributed by atoms with Crippen molar-refractivity contribution < 1.29 is 18.9 Å². The van der Waals surface area contributed by atoms with Crippen LogP contribution in [0, 0.1) is 0 Å². The molecule has 134 valence electrons. The van der Waals surface area contributed by atoms with Crippen molar-refractivity contribution in [2.45, 2.75) is 45.8 Å². The van der Waals surface area contributed by atoms with E-state index in [0.29, 0.717) is 10.6 Å². The molecule has 1 fully saturated rings.